The summed E-state index contributed by atoms with van der Waals surface area (Å²) in [5, 5.41) is 3.86. The van der Waals surface area contributed by atoms with Gasteiger partial charge in [-0.3, -0.25) is 4.79 Å². The number of hydrogen-bond acceptors (Lipinski definition) is 6. The van der Waals surface area contributed by atoms with Crippen molar-refractivity contribution in [2.45, 2.75) is 57.2 Å². The first-order chi connectivity index (χ1) is 14.8. The summed E-state index contributed by atoms with van der Waals surface area (Å²) in [6.07, 6.45) is -0.355. The predicted molar refractivity (Wildman–Crippen MR) is 105 cm³/mol. The fraction of sp³-hybridized carbons (Fsp3) is 0.667. The Hall–Kier alpha value is -2.20. The lowest BCUT2D eigenvalue weighted by molar-refractivity contribution is -0.139. The molecule has 2 saturated heterocycles. The number of nitrogens with zero attached hydrogens (tertiary/aromatic N) is 3. The third-order valence-electron chi connectivity index (χ3n) is 5.94. The number of amides is 1. The molecule has 0 aliphatic carbocycles. The van der Waals surface area contributed by atoms with Crippen molar-refractivity contribution in [3.05, 3.63) is 23.0 Å². The first kappa shape index (κ1) is 22.0. The molecule has 170 valence electrons. The maximum Gasteiger partial charge on any atom is 0.417 e. The molecule has 0 N–H and O–H groups in total. The molecule has 2 aromatic heterocycles. The number of aromatic nitrogens is 2. The van der Waals surface area contributed by atoms with Crippen LogP contribution in [0.5, 0.6) is 0 Å². The van der Waals surface area contributed by atoms with Crippen LogP contribution in [0.2, 0.25) is 0 Å². The Kier molecular flexibility index (Phi) is 6.47. The average Bonchev–Trinajstić information content (AvgIpc) is 3.17. The van der Waals surface area contributed by atoms with Crippen molar-refractivity contribution in [3.8, 4) is 0 Å². The molecule has 0 unspecified atom stereocenters. The van der Waals surface area contributed by atoms with Crippen LogP contribution < -0.4 is 0 Å². The molecule has 2 fully saturated rings. The maximum absolute atomic E-state index is 13.6. The zero-order valence-electron chi connectivity index (χ0n) is 17.4. The summed E-state index contributed by atoms with van der Waals surface area (Å²) in [7, 11) is 0. The summed E-state index contributed by atoms with van der Waals surface area (Å²) in [4.78, 5) is 18.2. The minimum absolute atomic E-state index is 0.0150. The Labute approximate surface area is 177 Å². The average molecular weight is 441 g/mol. The molecule has 10 heteroatoms. The van der Waals surface area contributed by atoms with Gasteiger partial charge in [0, 0.05) is 31.3 Å². The first-order valence-corrected chi connectivity index (χ1v) is 10.6. The monoisotopic (exact) mass is 441 g/mol. The quantitative estimate of drug-likeness (QED) is 0.702. The van der Waals surface area contributed by atoms with E-state index in [2.05, 4.69) is 10.1 Å². The number of piperidine rings is 1. The van der Waals surface area contributed by atoms with Crippen LogP contribution in [0.3, 0.4) is 0 Å². The minimum atomic E-state index is -4.53. The molecule has 0 saturated carbocycles. The van der Waals surface area contributed by atoms with Gasteiger partial charge >= 0.3 is 6.18 Å². The largest absolute Gasteiger partial charge is 0.417 e. The number of halogens is 3. The molecular formula is C21H26F3N3O4. The normalized spacial score (nSPS) is 21.0. The zero-order chi connectivity index (χ0) is 22.0. The molecule has 4 heterocycles. The summed E-state index contributed by atoms with van der Waals surface area (Å²) < 4.78 is 57.0. The lowest BCUT2D eigenvalue weighted by atomic mass is 9.90. The van der Waals surface area contributed by atoms with Gasteiger partial charge in [0.1, 0.15) is 6.61 Å². The van der Waals surface area contributed by atoms with Gasteiger partial charge in [-0.05, 0) is 45.1 Å². The van der Waals surface area contributed by atoms with E-state index in [1.165, 1.54) is 6.92 Å². The second-order valence-electron chi connectivity index (χ2n) is 8.22. The smallest absolute Gasteiger partial charge is 0.376 e. The lowest BCUT2D eigenvalue weighted by Crippen LogP contribution is -2.40. The van der Waals surface area contributed by atoms with E-state index in [0.29, 0.717) is 32.5 Å². The Morgan fingerprint density at radius 3 is 2.71 bits per heavy atom. The Morgan fingerprint density at radius 2 is 2.03 bits per heavy atom. The van der Waals surface area contributed by atoms with E-state index in [4.69, 9.17) is 14.0 Å². The molecule has 0 aromatic carbocycles. The van der Waals surface area contributed by atoms with Gasteiger partial charge in [-0.2, -0.15) is 13.2 Å². The second kappa shape index (κ2) is 9.12. The van der Waals surface area contributed by atoms with E-state index >= 15 is 0 Å². The molecule has 0 bridgehead atoms. The second-order valence-corrected chi connectivity index (χ2v) is 8.22. The zero-order valence-corrected chi connectivity index (χ0v) is 17.4. The first-order valence-electron chi connectivity index (χ1n) is 10.6. The maximum atomic E-state index is 13.6. The van der Waals surface area contributed by atoms with Crippen LogP contribution in [0.1, 0.15) is 55.0 Å². The van der Waals surface area contributed by atoms with E-state index in [-0.39, 0.29) is 47.0 Å². The number of carbonyl (C=O) groups excluding carboxylic acids is 1. The van der Waals surface area contributed by atoms with E-state index in [9.17, 15) is 18.0 Å². The van der Waals surface area contributed by atoms with Gasteiger partial charge in [0.05, 0.1) is 29.4 Å². The number of aryl methyl sites for hydroxylation is 1. The molecule has 4 rings (SSSR count). The highest BCUT2D eigenvalue weighted by Crippen LogP contribution is 2.40. The molecule has 7 nitrogen and oxygen atoms in total. The molecule has 2 aliphatic heterocycles. The van der Waals surface area contributed by atoms with Crippen molar-refractivity contribution in [3.63, 3.8) is 0 Å². The third kappa shape index (κ3) is 5.01. The lowest BCUT2D eigenvalue weighted by Gasteiger charge is -2.31. The van der Waals surface area contributed by atoms with E-state index in [1.54, 1.807) is 4.90 Å². The molecule has 1 atom stereocenters. The summed E-state index contributed by atoms with van der Waals surface area (Å²) in [6, 6.07) is 1.02. The van der Waals surface area contributed by atoms with Gasteiger partial charge in [-0.1, -0.05) is 5.16 Å². The summed E-state index contributed by atoms with van der Waals surface area (Å²) in [5.74, 6) is -0.347. The Balaban J connectivity index is 1.36. The molecule has 0 spiro atoms. The molecular weight excluding hydrogens is 415 g/mol. The van der Waals surface area contributed by atoms with Gasteiger partial charge in [0.25, 0.3) is 5.71 Å². The van der Waals surface area contributed by atoms with Gasteiger partial charge in [-0.25, -0.2) is 4.98 Å². The highest BCUT2D eigenvalue weighted by atomic mass is 19.4. The predicted octanol–water partition coefficient (Wildman–Crippen LogP) is 3.84. The Morgan fingerprint density at radius 1 is 1.26 bits per heavy atom. The van der Waals surface area contributed by atoms with Crippen LogP contribution in [-0.2, 0) is 20.4 Å². The van der Waals surface area contributed by atoms with Crippen LogP contribution in [0, 0.1) is 6.92 Å². The van der Waals surface area contributed by atoms with Gasteiger partial charge in [0.15, 0.2) is 0 Å². The number of hydrogen-bond donors (Lipinski definition) is 0. The van der Waals surface area contributed by atoms with Crippen molar-refractivity contribution in [1.82, 2.24) is 15.0 Å². The SMILES string of the molecule is Cc1cc(C(F)(F)F)c2c(C3CCN(C(=O)COC[C@@H]4CCCCO4)CC3)noc2n1. The van der Waals surface area contributed by atoms with Gasteiger partial charge in [0.2, 0.25) is 5.91 Å². The number of ether oxygens (including phenoxy) is 2. The van der Waals surface area contributed by atoms with Crippen LogP contribution in [-0.4, -0.2) is 60.0 Å². The minimum Gasteiger partial charge on any atom is -0.376 e. The van der Waals surface area contributed by atoms with Crippen LogP contribution in [0.25, 0.3) is 11.1 Å². The van der Waals surface area contributed by atoms with Crippen molar-refractivity contribution in [1.29, 1.82) is 0 Å². The number of pyridine rings is 1. The van der Waals surface area contributed by atoms with Crippen LogP contribution >= 0.6 is 0 Å². The third-order valence-corrected chi connectivity index (χ3v) is 5.94. The van der Waals surface area contributed by atoms with Gasteiger partial charge in [-0.15, -0.1) is 0 Å². The fourth-order valence-electron chi connectivity index (χ4n) is 4.31. The molecule has 2 aliphatic rings. The Bertz CT molecular complexity index is 916. The number of likely N-dealkylation sites (tertiary alicyclic amines) is 1. The van der Waals surface area contributed by atoms with Crippen molar-refractivity contribution in [2.24, 2.45) is 0 Å². The molecule has 0 radical (unpaired) electrons. The number of carbonyl (C=O) groups is 1. The van der Waals surface area contributed by atoms with Crippen molar-refractivity contribution >= 4 is 17.0 Å². The topological polar surface area (TPSA) is 77.7 Å². The standard InChI is InChI=1S/C21H26F3N3O4/c1-13-10-16(21(22,23)24)18-19(26-31-20(18)25-13)14-5-7-27(8-6-14)17(28)12-29-11-15-4-2-3-9-30-15/h10,14-15H,2-9,11-12H2,1H3/t15-/m0/s1. The van der Waals surface area contributed by atoms with E-state index in [1.807, 2.05) is 0 Å². The fourth-order valence-corrected chi connectivity index (χ4v) is 4.31. The molecule has 1 amide bonds. The van der Waals surface area contributed by atoms with Crippen molar-refractivity contribution in [2.75, 3.05) is 32.9 Å². The number of alkyl halides is 3. The van der Waals surface area contributed by atoms with Gasteiger partial charge < -0.3 is 18.9 Å². The van der Waals surface area contributed by atoms with Crippen LogP contribution in [0.15, 0.2) is 10.6 Å². The van der Waals surface area contributed by atoms with Crippen LogP contribution in [0.4, 0.5) is 13.2 Å². The summed E-state index contributed by atoms with van der Waals surface area (Å²) in [6.45, 7) is 3.48. The molecule has 31 heavy (non-hydrogen) atoms. The number of rotatable bonds is 5. The summed E-state index contributed by atoms with van der Waals surface area (Å²) >= 11 is 0. The van der Waals surface area contributed by atoms with Crippen molar-refractivity contribution < 1.29 is 32.0 Å². The van der Waals surface area contributed by atoms with E-state index in [0.717, 1.165) is 31.9 Å². The summed E-state index contributed by atoms with van der Waals surface area (Å²) in [5.41, 5.74) is -0.378. The number of fused-ring (bicyclic) bond motifs is 1. The highest BCUT2D eigenvalue weighted by molar-refractivity contribution is 5.82. The highest BCUT2D eigenvalue weighted by Gasteiger charge is 2.37. The van der Waals surface area contributed by atoms with E-state index < -0.39 is 11.7 Å². The molecule has 2 aromatic rings.